The van der Waals surface area contributed by atoms with Crippen LogP contribution in [-0.2, 0) is 16.0 Å². The van der Waals surface area contributed by atoms with E-state index in [1.54, 1.807) is 11.0 Å². The van der Waals surface area contributed by atoms with Crippen molar-refractivity contribution in [1.82, 2.24) is 4.90 Å². The molecule has 0 atom stereocenters. The van der Waals surface area contributed by atoms with Crippen LogP contribution in [0.4, 0.5) is 0 Å². The van der Waals surface area contributed by atoms with Crippen molar-refractivity contribution in [2.45, 2.75) is 25.7 Å². The van der Waals surface area contributed by atoms with Crippen LogP contribution in [0.25, 0.3) is 0 Å². The highest BCUT2D eigenvalue weighted by atomic mass is 16.5. The van der Waals surface area contributed by atoms with Gasteiger partial charge in [-0.1, -0.05) is 0 Å². The van der Waals surface area contributed by atoms with E-state index in [1.807, 2.05) is 6.07 Å². The van der Waals surface area contributed by atoms with Crippen molar-refractivity contribution < 1.29 is 18.7 Å². The van der Waals surface area contributed by atoms with Crippen molar-refractivity contribution in [3.63, 3.8) is 0 Å². The van der Waals surface area contributed by atoms with Gasteiger partial charge in [0.1, 0.15) is 17.7 Å². The number of methoxy groups -OCH3 is 1. The normalized spacial score (nSPS) is 15.5. The average molecular weight is 290 g/mol. The summed E-state index contributed by atoms with van der Waals surface area (Å²) in [6, 6.07) is 3.50. The zero-order valence-electron chi connectivity index (χ0n) is 12.0. The summed E-state index contributed by atoms with van der Waals surface area (Å²) in [5, 5.41) is 8.54. The second kappa shape index (κ2) is 6.93. The number of rotatable bonds is 4. The van der Waals surface area contributed by atoms with Crippen LogP contribution in [0.5, 0.6) is 0 Å². The lowest BCUT2D eigenvalue weighted by atomic mass is 9.91. The molecule has 6 heteroatoms. The third kappa shape index (κ3) is 3.63. The Hall–Kier alpha value is -2.29. The van der Waals surface area contributed by atoms with E-state index in [1.165, 1.54) is 13.4 Å². The van der Waals surface area contributed by atoms with Gasteiger partial charge in [-0.25, -0.2) is 4.79 Å². The van der Waals surface area contributed by atoms with Gasteiger partial charge in [-0.3, -0.25) is 4.79 Å². The maximum Gasteiger partial charge on any atom is 0.341 e. The molecule has 0 aliphatic carbocycles. The van der Waals surface area contributed by atoms with Crippen LogP contribution in [-0.4, -0.2) is 37.0 Å². The number of carbonyl (C=O) groups is 2. The first-order valence-electron chi connectivity index (χ1n) is 6.95. The molecule has 2 heterocycles. The van der Waals surface area contributed by atoms with Crippen molar-refractivity contribution in [3.8, 4) is 6.07 Å². The number of esters is 1. The quantitative estimate of drug-likeness (QED) is 0.789. The second-order valence-corrected chi connectivity index (χ2v) is 5.11. The molecule has 1 amide bonds. The highest BCUT2D eigenvalue weighted by Crippen LogP contribution is 2.24. The molecule has 1 saturated heterocycles. The van der Waals surface area contributed by atoms with Crippen molar-refractivity contribution in [1.29, 1.82) is 5.26 Å². The topological polar surface area (TPSA) is 83.5 Å². The number of amides is 1. The van der Waals surface area contributed by atoms with Gasteiger partial charge < -0.3 is 14.1 Å². The Bertz CT molecular complexity index is 550. The molecule has 0 aromatic carbocycles. The number of nitriles is 1. The molecule has 0 radical (unpaired) electrons. The van der Waals surface area contributed by atoms with Gasteiger partial charge in [0, 0.05) is 19.5 Å². The fraction of sp³-hybridized carbons (Fsp3) is 0.533. The summed E-state index contributed by atoms with van der Waals surface area (Å²) in [7, 11) is 1.35. The van der Waals surface area contributed by atoms with Gasteiger partial charge in [0.05, 0.1) is 19.4 Å². The van der Waals surface area contributed by atoms with Gasteiger partial charge in [0.15, 0.2) is 0 Å². The smallest absolute Gasteiger partial charge is 0.341 e. The SMILES string of the molecule is COC(=O)c1ccoc1CC1CCN(C(=O)CC#N)CC1. The Morgan fingerprint density at radius 1 is 1.48 bits per heavy atom. The molecule has 0 saturated carbocycles. The van der Waals surface area contributed by atoms with Gasteiger partial charge >= 0.3 is 5.97 Å². The lowest BCUT2D eigenvalue weighted by Gasteiger charge is -2.31. The van der Waals surface area contributed by atoms with Gasteiger partial charge in [0.2, 0.25) is 5.91 Å². The predicted octanol–water partition coefficient (Wildman–Crippen LogP) is 1.76. The fourth-order valence-electron chi connectivity index (χ4n) is 2.62. The average Bonchev–Trinajstić information content (AvgIpc) is 2.95. The molecule has 1 fully saturated rings. The number of carbonyl (C=O) groups excluding carboxylic acids is 2. The Morgan fingerprint density at radius 3 is 2.81 bits per heavy atom. The van der Waals surface area contributed by atoms with E-state index in [-0.39, 0.29) is 18.3 Å². The molecule has 1 aliphatic heterocycles. The first-order valence-corrected chi connectivity index (χ1v) is 6.95. The summed E-state index contributed by atoms with van der Waals surface area (Å²) >= 11 is 0. The van der Waals surface area contributed by atoms with Crippen molar-refractivity contribution in [3.05, 3.63) is 23.7 Å². The monoisotopic (exact) mass is 290 g/mol. The summed E-state index contributed by atoms with van der Waals surface area (Å²) in [5.74, 6) is 0.513. The van der Waals surface area contributed by atoms with Gasteiger partial charge in [-0.2, -0.15) is 5.26 Å². The maximum absolute atomic E-state index is 11.6. The zero-order chi connectivity index (χ0) is 15.2. The van der Waals surface area contributed by atoms with Crippen LogP contribution < -0.4 is 0 Å². The molecular weight excluding hydrogens is 272 g/mol. The summed E-state index contributed by atoms with van der Waals surface area (Å²) in [6.45, 7) is 1.30. The van der Waals surface area contributed by atoms with Crippen LogP contribution in [0.2, 0.25) is 0 Å². The second-order valence-electron chi connectivity index (χ2n) is 5.11. The van der Waals surface area contributed by atoms with Crippen LogP contribution in [0, 0.1) is 17.2 Å². The number of piperidine rings is 1. The summed E-state index contributed by atoms with van der Waals surface area (Å²) in [6.07, 6.45) is 3.79. The Balaban J connectivity index is 1.90. The number of likely N-dealkylation sites (tertiary alicyclic amines) is 1. The summed E-state index contributed by atoms with van der Waals surface area (Å²) in [4.78, 5) is 24.9. The highest BCUT2D eigenvalue weighted by Gasteiger charge is 2.25. The molecule has 0 N–H and O–H groups in total. The molecule has 6 nitrogen and oxygen atoms in total. The molecule has 1 aromatic rings. The molecule has 0 bridgehead atoms. The Labute approximate surface area is 123 Å². The van der Waals surface area contributed by atoms with Crippen LogP contribution in [0.15, 0.2) is 16.7 Å². The van der Waals surface area contributed by atoms with Gasteiger partial charge in [-0.15, -0.1) is 0 Å². The largest absolute Gasteiger partial charge is 0.468 e. The predicted molar refractivity (Wildman–Crippen MR) is 73.3 cm³/mol. The van der Waals surface area contributed by atoms with Gasteiger partial charge in [0.25, 0.3) is 0 Å². The Kier molecular flexibility index (Phi) is 4.99. The minimum Gasteiger partial charge on any atom is -0.468 e. The molecular formula is C15H18N2O4. The number of ether oxygens (including phenoxy) is 1. The van der Waals surface area contributed by atoms with E-state index >= 15 is 0 Å². The number of furan rings is 1. The lowest BCUT2D eigenvalue weighted by Crippen LogP contribution is -2.38. The highest BCUT2D eigenvalue weighted by molar-refractivity contribution is 5.90. The molecule has 112 valence electrons. The van der Waals surface area contributed by atoms with Crippen LogP contribution >= 0.6 is 0 Å². The van der Waals surface area contributed by atoms with E-state index in [9.17, 15) is 9.59 Å². The number of hydrogen-bond acceptors (Lipinski definition) is 5. The summed E-state index contributed by atoms with van der Waals surface area (Å²) < 4.78 is 10.1. The first kappa shape index (κ1) is 15.1. The van der Waals surface area contributed by atoms with Crippen LogP contribution in [0.3, 0.4) is 0 Å². The van der Waals surface area contributed by atoms with E-state index in [0.717, 1.165) is 12.8 Å². The minimum atomic E-state index is -0.389. The number of nitrogens with zero attached hydrogens (tertiary/aromatic N) is 2. The third-order valence-corrected chi connectivity index (χ3v) is 3.82. The standard InChI is InChI=1S/C15H18N2O4/c1-20-15(19)12-5-9-21-13(12)10-11-3-7-17(8-4-11)14(18)2-6-16/h5,9,11H,2-4,7-8,10H2,1H3. The molecule has 21 heavy (non-hydrogen) atoms. The molecule has 0 spiro atoms. The fourth-order valence-corrected chi connectivity index (χ4v) is 2.62. The molecule has 2 rings (SSSR count). The van der Waals surface area contributed by atoms with E-state index in [4.69, 9.17) is 14.4 Å². The molecule has 1 aliphatic rings. The maximum atomic E-state index is 11.6. The van der Waals surface area contributed by atoms with E-state index < -0.39 is 0 Å². The third-order valence-electron chi connectivity index (χ3n) is 3.82. The van der Waals surface area contributed by atoms with Crippen molar-refractivity contribution in [2.24, 2.45) is 5.92 Å². The Morgan fingerprint density at radius 2 is 2.19 bits per heavy atom. The summed E-state index contributed by atoms with van der Waals surface area (Å²) in [5.41, 5.74) is 0.473. The minimum absolute atomic E-state index is 0.0602. The molecule has 1 aromatic heterocycles. The lowest BCUT2D eigenvalue weighted by molar-refractivity contribution is -0.131. The first-order chi connectivity index (χ1) is 10.2. The van der Waals surface area contributed by atoms with E-state index in [0.29, 0.717) is 36.8 Å². The van der Waals surface area contributed by atoms with Crippen molar-refractivity contribution in [2.75, 3.05) is 20.2 Å². The molecule has 0 unspecified atom stereocenters. The van der Waals surface area contributed by atoms with Crippen molar-refractivity contribution >= 4 is 11.9 Å². The van der Waals surface area contributed by atoms with Crippen LogP contribution in [0.1, 0.15) is 35.4 Å². The zero-order valence-corrected chi connectivity index (χ0v) is 12.0. The van der Waals surface area contributed by atoms with Gasteiger partial charge in [-0.05, 0) is 24.8 Å². The van der Waals surface area contributed by atoms with E-state index in [2.05, 4.69) is 0 Å². The number of hydrogen-bond donors (Lipinski definition) is 0.